The Morgan fingerprint density at radius 2 is 1.81 bits per heavy atom. The van der Waals surface area contributed by atoms with Crippen LogP contribution in [-0.2, 0) is 0 Å². The molecule has 0 radical (unpaired) electrons. The minimum Gasteiger partial charge on any atom is -0.354 e. The van der Waals surface area contributed by atoms with Crippen LogP contribution in [0.2, 0.25) is 0 Å². The van der Waals surface area contributed by atoms with Crippen molar-refractivity contribution >= 4 is 11.6 Å². The van der Waals surface area contributed by atoms with Crippen molar-refractivity contribution in [3.05, 3.63) is 36.4 Å². The number of rotatable bonds is 2. The molecule has 3 heterocycles. The van der Waals surface area contributed by atoms with Crippen LogP contribution < -0.4 is 9.80 Å². The zero-order valence-electron chi connectivity index (χ0n) is 11.6. The topological polar surface area (TPSA) is 81.8 Å². The molecule has 0 aliphatic carbocycles. The molecule has 2 aromatic heterocycles. The average molecular weight is 281 g/mol. The van der Waals surface area contributed by atoms with Gasteiger partial charge in [0.05, 0.1) is 12.4 Å². The normalized spacial score (nSPS) is 15.4. The third kappa shape index (κ3) is 3.05. The maximum atomic E-state index is 8.76. The van der Waals surface area contributed by atoms with E-state index < -0.39 is 0 Å². The molecule has 1 fully saturated rings. The monoisotopic (exact) mass is 281 g/mol. The van der Waals surface area contributed by atoms with Crippen molar-refractivity contribution in [2.24, 2.45) is 0 Å². The Hall–Kier alpha value is -2.75. The lowest BCUT2D eigenvalue weighted by molar-refractivity contribution is 0.785. The van der Waals surface area contributed by atoms with Gasteiger partial charge in [-0.1, -0.05) is 0 Å². The van der Waals surface area contributed by atoms with Gasteiger partial charge < -0.3 is 9.80 Å². The number of hydrogen-bond acceptors (Lipinski definition) is 7. The van der Waals surface area contributed by atoms with Crippen LogP contribution >= 0.6 is 0 Å². The second kappa shape index (κ2) is 6.13. The standard InChI is InChI=1S/C14H15N7/c15-9-12-10-17-14(11-16-12)21-6-2-5-20(7-8-21)13-3-1-4-18-19-13/h1,3-4,10-11H,2,5-8H2. The van der Waals surface area contributed by atoms with Gasteiger partial charge >= 0.3 is 0 Å². The fourth-order valence-corrected chi connectivity index (χ4v) is 2.38. The highest BCUT2D eigenvalue weighted by atomic mass is 15.3. The summed E-state index contributed by atoms with van der Waals surface area (Å²) in [5.41, 5.74) is 0.342. The minimum atomic E-state index is 0.342. The lowest BCUT2D eigenvalue weighted by Gasteiger charge is -2.22. The molecule has 3 rings (SSSR count). The fourth-order valence-electron chi connectivity index (χ4n) is 2.38. The van der Waals surface area contributed by atoms with Gasteiger partial charge in [0.25, 0.3) is 0 Å². The van der Waals surface area contributed by atoms with Crippen LogP contribution in [-0.4, -0.2) is 46.3 Å². The van der Waals surface area contributed by atoms with E-state index in [0.29, 0.717) is 5.69 Å². The van der Waals surface area contributed by atoms with Gasteiger partial charge in [0.15, 0.2) is 11.5 Å². The van der Waals surface area contributed by atoms with E-state index in [1.54, 1.807) is 12.4 Å². The van der Waals surface area contributed by atoms with Gasteiger partial charge in [0.1, 0.15) is 11.9 Å². The quantitative estimate of drug-likeness (QED) is 0.807. The smallest absolute Gasteiger partial charge is 0.158 e. The number of anilines is 2. The van der Waals surface area contributed by atoms with Crippen molar-refractivity contribution in [2.75, 3.05) is 36.0 Å². The second-order valence-electron chi connectivity index (χ2n) is 4.78. The lowest BCUT2D eigenvalue weighted by Crippen LogP contribution is -2.31. The van der Waals surface area contributed by atoms with Gasteiger partial charge in [-0.05, 0) is 18.6 Å². The van der Waals surface area contributed by atoms with Crippen molar-refractivity contribution in [3.8, 4) is 6.07 Å². The summed E-state index contributed by atoms with van der Waals surface area (Å²) in [5.74, 6) is 1.72. The summed E-state index contributed by atoms with van der Waals surface area (Å²) in [6, 6.07) is 5.86. The van der Waals surface area contributed by atoms with E-state index in [4.69, 9.17) is 5.26 Å². The first-order valence-corrected chi connectivity index (χ1v) is 6.86. The Morgan fingerprint density at radius 1 is 1.00 bits per heavy atom. The van der Waals surface area contributed by atoms with Gasteiger partial charge in [-0.2, -0.15) is 10.4 Å². The van der Waals surface area contributed by atoms with E-state index in [9.17, 15) is 0 Å². The van der Waals surface area contributed by atoms with Gasteiger partial charge in [-0.25, -0.2) is 9.97 Å². The maximum Gasteiger partial charge on any atom is 0.158 e. The molecule has 0 aromatic carbocycles. The molecule has 0 N–H and O–H groups in total. The van der Waals surface area contributed by atoms with Gasteiger partial charge in [0.2, 0.25) is 0 Å². The maximum absolute atomic E-state index is 8.76. The third-order valence-corrected chi connectivity index (χ3v) is 3.45. The van der Waals surface area contributed by atoms with Gasteiger partial charge in [-0.3, -0.25) is 0 Å². The molecule has 0 amide bonds. The summed E-state index contributed by atoms with van der Waals surface area (Å²) in [5, 5.41) is 16.8. The summed E-state index contributed by atoms with van der Waals surface area (Å²) in [6.07, 6.45) is 5.87. The van der Waals surface area contributed by atoms with Gasteiger partial charge in [0, 0.05) is 32.4 Å². The fraction of sp³-hybridized carbons (Fsp3) is 0.357. The molecule has 106 valence electrons. The first-order chi connectivity index (χ1) is 10.4. The van der Waals surface area contributed by atoms with Crippen LogP contribution in [0.5, 0.6) is 0 Å². The molecular weight excluding hydrogens is 266 g/mol. The first-order valence-electron chi connectivity index (χ1n) is 6.86. The lowest BCUT2D eigenvalue weighted by atomic mass is 10.3. The third-order valence-electron chi connectivity index (χ3n) is 3.45. The predicted molar refractivity (Wildman–Crippen MR) is 77.8 cm³/mol. The number of nitrogens with zero attached hydrogens (tertiary/aromatic N) is 7. The van der Waals surface area contributed by atoms with Crippen molar-refractivity contribution in [1.82, 2.24) is 20.2 Å². The molecule has 1 saturated heterocycles. The highest BCUT2D eigenvalue weighted by Gasteiger charge is 2.17. The molecular formula is C14H15N7. The number of aromatic nitrogens is 4. The van der Waals surface area contributed by atoms with Crippen molar-refractivity contribution < 1.29 is 0 Å². The number of hydrogen-bond donors (Lipinski definition) is 0. The van der Waals surface area contributed by atoms with E-state index in [-0.39, 0.29) is 0 Å². The zero-order chi connectivity index (χ0) is 14.5. The highest BCUT2D eigenvalue weighted by Crippen LogP contribution is 2.16. The van der Waals surface area contributed by atoms with E-state index in [1.807, 2.05) is 18.2 Å². The summed E-state index contributed by atoms with van der Waals surface area (Å²) in [6.45, 7) is 3.56. The molecule has 0 saturated carbocycles. The summed E-state index contributed by atoms with van der Waals surface area (Å²) in [7, 11) is 0. The van der Waals surface area contributed by atoms with Gasteiger partial charge in [-0.15, -0.1) is 5.10 Å². The molecule has 21 heavy (non-hydrogen) atoms. The van der Waals surface area contributed by atoms with E-state index in [0.717, 1.165) is 44.2 Å². The summed E-state index contributed by atoms with van der Waals surface area (Å²) < 4.78 is 0. The molecule has 0 atom stereocenters. The summed E-state index contributed by atoms with van der Waals surface area (Å²) in [4.78, 5) is 12.8. The molecule has 2 aromatic rings. The van der Waals surface area contributed by atoms with Crippen molar-refractivity contribution in [3.63, 3.8) is 0 Å². The van der Waals surface area contributed by atoms with Crippen LogP contribution in [0.1, 0.15) is 12.1 Å². The number of nitriles is 1. The van der Waals surface area contributed by atoms with E-state index in [2.05, 4.69) is 30.0 Å². The molecule has 0 bridgehead atoms. The Bertz CT molecular complexity index is 620. The molecule has 7 nitrogen and oxygen atoms in total. The molecule has 0 unspecified atom stereocenters. The molecule has 1 aliphatic heterocycles. The Balaban J connectivity index is 1.69. The molecule has 1 aliphatic rings. The second-order valence-corrected chi connectivity index (χ2v) is 4.78. The van der Waals surface area contributed by atoms with E-state index in [1.165, 1.54) is 6.20 Å². The van der Waals surface area contributed by atoms with Crippen LogP contribution in [0.15, 0.2) is 30.7 Å². The molecule has 7 heteroatoms. The predicted octanol–water partition coefficient (Wildman–Crippen LogP) is 0.855. The van der Waals surface area contributed by atoms with E-state index >= 15 is 0 Å². The average Bonchev–Trinajstić information content (AvgIpc) is 2.82. The van der Waals surface area contributed by atoms with Crippen LogP contribution in [0, 0.1) is 11.3 Å². The largest absolute Gasteiger partial charge is 0.354 e. The van der Waals surface area contributed by atoms with Crippen LogP contribution in [0.25, 0.3) is 0 Å². The Morgan fingerprint density at radius 3 is 2.43 bits per heavy atom. The Kier molecular flexibility index (Phi) is 3.87. The zero-order valence-corrected chi connectivity index (χ0v) is 11.6. The minimum absolute atomic E-state index is 0.342. The summed E-state index contributed by atoms with van der Waals surface area (Å²) >= 11 is 0. The SMILES string of the molecule is N#Cc1cnc(N2CCCN(c3cccnn3)CC2)cn1. The molecule has 0 spiro atoms. The highest BCUT2D eigenvalue weighted by molar-refractivity contribution is 5.41. The van der Waals surface area contributed by atoms with Crippen molar-refractivity contribution in [1.29, 1.82) is 5.26 Å². The van der Waals surface area contributed by atoms with Crippen LogP contribution in [0.3, 0.4) is 0 Å². The van der Waals surface area contributed by atoms with Crippen LogP contribution in [0.4, 0.5) is 11.6 Å². The first kappa shape index (κ1) is 13.2. The Labute approximate surface area is 122 Å². The van der Waals surface area contributed by atoms with Crippen molar-refractivity contribution in [2.45, 2.75) is 6.42 Å².